The van der Waals surface area contributed by atoms with Crippen LogP contribution < -0.4 is 14.8 Å². The molecule has 0 radical (unpaired) electrons. The number of methoxy groups -OCH3 is 2. The summed E-state index contributed by atoms with van der Waals surface area (Å²) in [6.07, 6.45) is 0. The minimum absolute atomic E-state index is 0.260. The van der Waals surface area contributed by atoms with Gasteiger partial charge in [-0.2, -0.15) is 9.67 Å². The van der Waals surface area contributed by atoms with Gasteiger partial charge in [-0.25, -0.2) is 4.39 Å². The first-order chi connectivity index (χ1) is 15.6. The number of carbonyl (C=O) groups is 1. The molecule has 0 aliphatic carbocycles. The summed E-state index contributed by atoms with van der Waals surface area (Å²) in [4.78, 5) is 17.9. The lowest BCUT2D eigenvalue weighted by molar-refractivity contribution is 0.0944. The van der Waals surface area contributed by atoms with E-state index in [-0.39, 0.29) is 11.8 Å². The quantitative estimate of drug-likeness (QED) is 0.466. The topological polar surface area (TPSA) is 78.3 Å². The third-order valence-corrected chi connectivity index (χ3v) is 4.85. The molecule has 0 saturated heterocycles. The molecule has 1 heterocycles. The first-order valence-electron chi connectivity index (χ1n) is 9.86. The number of carbonyl (C=O) groups excluding carboxylic acids is 1. The number of nitrogens with zero attached hydrogens (tertiary/aromatic N) is 3. The molecule has 0 amide bonds. The first kappa shape index (κ1) is 21.0. The molecule has 32 heavy (non-hydrogen) atoms. The Labute approximate surface area is 184 Å². The second kappa shape index (κ2) is 9.30. The van der Waals surface area contributed by atoms with Gasteiger partial charge in [0, 0.05) is 12.1 Å². The van der Waals surface area contributed by atoms with E-state index in [2.05, 4.69) is 15.4 Å². The van der Waals surface area contributed by atoms with E-state index in [1.165, 1.54) is 23.9 Å². The highest BCUT2D eigenvalue weighted by Crippen LogP contribution is 2.24. The summed E-state index contributed by atoms with van der Waals surface area (Å²) >= 11 is 0. The number of anilines is 1. The molecular weight excluding hydrogens is 411 g/mol. The van der Waals surface area contributed by atoms with Crippen LogP contribution in [-0.2, 0) is 6.54 Å². The average molecular weight is 432 g/mol. The maximum absolute atomic E-state index is 13.3. The fourth-order valence-corrected chi connectivity index (χ4v) is 3.15. The van der Waals surface area contributed by atoms with Crippen LogP contribution in [0.5, 0.6) is 11.5 Å². The van der Waals surface area contributed by atoms with Crippen LogP contribution in [0.1, 0.15) is 15.9 Å². The first-order valence-corrected chi connectivity index (χ1v) is 9.86. The van der Waals surface area contributed by atoms with Crippen LogP contribution >= 0.6 is 0 Å². The van der Waals surface area contributed by atoms with Gasteiger partial charge in [-0.3, -0.25) is 4.79 Å². The number of nitrogens with one attached hydrogen (secondary N) is 1. The van der Waals surface area contributed by atoms with Gasteiger partial charge in [0.15, 0.2) is 5.82 Å². The van der Waals surface area contributed by atoms with Gasteiger partial charge in [-0.05, 0) is 54.1 Å². The van der Waals surface area contributed by atoms with Crippen molar-refractivity contribution in [2.24, 2.45) is 0 Å². The number of halogens is 1. The van der Waals surface area contributed by atoms with Crippen LogP contribution in [0.3, 0.4) is 0 Å². The monoisotopic (exact) mass is 432 g/mol. The molecule has 7 nitrogen and oxygen atoms in total. The summed E-state index contributed by atoms with van der Waals surface area (Å²) < 4.78 is 25.0. The molecular formula is C24H21FN4O3. The Balaban J connectivity index is 1.70. The van der Waals surface area contributed by atoms with Crippen LogP contribution in [0.4, 0.5) is 10.3 Å². The van der Waals surface area contributed by atoms with Crippen LogP contribution in [0.2, 0.25) is 0 Å². The number of hydrogen-bond donors (Lipinski definition) is 1. The van der Waals surface area contributed by atoms with Crippen molar-refractivity contribution < 1.29 is 18.7 Å². The van der Waals surface area contributed by atoms with E-state index in [4.69, 9.17) is 9.47 Å². The number of ether oxygens (including phenoxy) is 2. The molecule has 0 atom stereocenters. The standard InChI is InChI=1S/C24H21FN4O3/c1-31-19-13-9-17(10-14-19)22-27-24(26-15-16-7-11-18(25)12-8-16)29(28-22)23(30)20-5-3-4-6-21(20)32-2/h3-14H,15H2,1-2H3,(H,26,27,28). The van der Waals surface area contributed by atoms with Crippen LogP contribution in [0.15, 0.2) is 72.8 Å². The third kappa shape index (κ3) is 4.44. The molecule has 4 aromatic rings. The lowest BCUT2D eigenvalue weighted by Gasteiger charge is -2.10. The highest BCUT2D eigenvalue weighted by molar-refractivity contribution is 5.99. The Morgan fingerprint density at radius 3 is 2.38 bits per heavy atom. The summed E-state index contributed by atoms with van der Waals surface area (Å²) in [6, 6.07) is 20.2. The highest BCUT2D eigenvalue weighted by Gasteiger charge is 2.21. The molecule has 8 heteroatoms. The molecule has 162 valence electrons. The third-order valence-electron chi connectivity index (χ3n) is 4.85. The van der Waals surface area contributed by atoms with Crippen molar-refractivity contribution in [3.05, 3.63) is 89.7 Å². The molecule has 0 spiro atoms. The molecule has 4 rings (SSSR count). The van der Waals surface area contributed by atoms with Crippen molar-refractivity contribution in [1.29, 1.82) is 0 Å². The van der Waals surface area contributed by atoms with Crippen molar-refractivity contribution in [2.75, 3.05) is 19.5 Å². The fraction of sp³-hybridized carbons (Fsp3) is 0.125. The minimum atomic E-state index is -0.392. The maximum Gasteiger partial charge on any atom is 0.285 e. The zero-order valence-corrected chi connectivity index (χ0v) is 17.6. The molecule has 1 aromatic heterocycles. The largest absolute Gasteiger partial charge is 0.497 e. The van der Waals surface area contributed by atoms with Crippen molar-refractivity contribution in [3.8, 4) is 22.9 Å². The van der Waals surface area contributed by atoms with E-state index in [0.29, 0.717) is 29.4 Å². The van der Waals surface area contributed by atoms with Crippen molar-refractivity contribution in [3.63, 3.8) is 0 Å². The summed E-state index contributed by atoms with van der Waals surface area (Å²) in [6.45, 7) is 0.334. The van der Waals surface area contributed by atoms with Crippen molar-refractivity contribution in [2.45, 2.75) is 6.54 Å². The molecule has 0 aliphatic heterocycles. The molecule has 0 bridgehead atoms. The summed E-state index contributed by atoms with van der Waals surface area (Å²) in [5.74, 6) is 1.06. The molecule has 1 N–H and O–H groups in total. The Kier molecular flexibility index (Phi) is 6.12. The average Bonchev–Trinajstić information content (AvgIpc) is 3.27. The van der Waals surface area contributed by atoms with Gasteiger partial charge in [0.1, 0.15) is 17.3 Å². The smallest absolute Gasteiger partial charge is 0.285 e. The Bertz CT molecular complexity index is 1220. The highest BCUT2D eigenvalue weighted by atomic mass is 19.1. The molecule has 0 aliphatic rings. The Morgan fingerprint density at radius 1 is 0.969 bits per heavy atom. The van der Waals surface area contributed by atoms with Crippen LogP contribution in [-0.4, -0.2) is 34.9 Å². The Morgan fingerprint density at radius 2 is 1.69 bits per heavy atom. The molecule has 0 fully saturated rings. The van der Waals surface area contributed by atoms with Gasteiger partial charge >= 0.3 is 0 Å². The molecule has 3 aromatic carbocycles. The van der Waals surface area contributed by atoms with Gasteiger partial charge in [0.05, 0.1) is 19.8 Å². The van der Waals surface area contributed by atoms with Gasteiger partial charge in [0.2, 0.25) is 5.95 Å². The minimum Gasteiger partial charge on any atom is -0.497 e. The lowest BCUT2D eigenvalue weighted by atomic mass is 10.2. The van der Waals surface area contributed by atoms with E-state index in [1.54, 1.807) is 55.6 Å². The summed E-state index contributed by atoms with van der Waals surface area (Å²) in [7, 11) is 3.09. The van der Waals surface area contributed by atoms with E-state index in [9.17, 15) is 9.18 Å². The van der Waals surface area contributed by atoms with Crippen LogP contribution in [0.25, 0.3) is 11.4 Å². The summed E-state index contributed by atoms with van der Waals surface area (Å²) in [5.41, 5.74) is 1.91. The number of rotatable bonds is 7. The van der Waals surface area contributed by atoms with Crippen molar-refractivity contribution >= 4 is 11.9 Å². The molecule has 0 saturated carbocycles. The maximum atomic E-state index is 13.3. The Hall–Kier alpha value is -4.20. The SMILES string of the molecule is COc1ccc(-c2nc(NCc3ccc(F)cc3)n(C(=O)c3ccccc3OC)n2)cc1. The van der Waals surface area contributed by atoms with E-state index < -0.39 is 5.91 Å². The van der Waals surface area contributed by atoms with Crippen molar-refractivity contribution in [1.82, 2.24) is 14.8 Å². The van der Waals surface area contributed by atoms with E-state index in [0.717, 1.165) is 11.1 Å². The van der Waals surface area contributed by atoms with Crippen LogP contribution in [0, 0.1) is 5.82 Å². The van der Waals surface area contributed by atoms with E-state index >= 15 is 0 Å². The zero-order valence-electron chi connectivity index (χ0n) is 17.6. The van der Waals surface area contributed by atoms with Gasteiger partial charge in [-0.1, -0.05) is 24.3 Å². The van der Waals surface area contributed by atoms with E-state index in [1.807, 2.05) is 12.1 Å². The van der Waals surface area contributed by atoms with Gasteiger partial charge < -0.3 is 14.8 Å². The predicted octanol–water partition coefficient (Wildman–Crippen LogP) is 4.40. The number of para-hydroxylation sites is 1. The zero-order chi connectivity index (χ0) is 22.5. The summed E-state index contributed by atoms with van der Waals surface area (Å²) in [5, 5.41) is 7.58. The number of hydrogen-bond acceptors (Lipinski definition) is 6. The number of aromatic nitrogens is 3. The fourth-order valence-electron chi connectivity index (χ4n) is 3.15. The second-order valence-corrected chi connectivity index (χ2v) is 6.88. The normalized spacial score (nSPS) is 10.6. The van der Waals surface area contributed by atoms with Gasteiger partial charge in [0.25, 0.3) is 5.91 Å². The predicted molar refractivity (Wildman–Crippen MR) is 118 cm³/mol. The molecule has 0 unspecified atom stereocenters. The lowest BCUT2D eigenvalue weighted by Crippen LogP contribution is -2.18. The number of benzene rings is 3. The second-order valence-electron chi connectivity index (χ2n) is 6.88. The van der Waals surface area contributed by atoms with Gasteiger partial charge in [-0.15, -0.1) is 5.10 Å².